The van der Waals surface area contributed by atoms with Gasteiger partial charge in [0.05, 0.1) is 23.7 Å². The Morgan fingerprint density at radius 3 is 2.75 bits per heavy atom. The van der Waals surface area contributed by atoms with Gasteiger partial charge >= 0.3 is 0 Å². The molecule has 1 aliphatic heterocycles. The molecule has 8 heteroatoms. The lowest BCUT2D eigenvalue weighted by Crippen LogP contribution is -2.43. The van der Waals surface area contributed by atoms with E-state index in [1.807, 2.05) is 13.8 Å². The second kappa shape index (κ2) is 6.09. The molecule has 0 aromatic carbocycles. The highest BCUT2D eigenvalue weighted by molar-refractivity contribution is 7.91. The number of guanidine groups is 1. The quantitative estimate of drug-likeness (QED) is 0.631. The molecule has 1 aliphatic rings. The summed E-state index contributed by atoms with van der Waals surface area (Å²) >= 11 is 1.66. The van der Waals surface area contributed by atoms with E-state index >= 15 is 0 Å². The van der Waals surface area contributed by atoms with E-state index in [0.29, 0.717) is 18.9 Å². The summed E-state index contributed by atoms with van der Waals surface area (Å²) in [7, 11) is -1.20. The molecular weight excluding hydrogens is 296 g/mol. The average molecular weight is 316 g/mol. The lowest BCUT2D eigenvalue weighted by molar-refractivity contribution is 0.599. The zero-order valence-corrected chi connectivity index (χ0v) is 13.6. The van der Waals surface area contributed by atoms with E-state index in [2.05, 4.69) is 20.6 Å². The van der Waals surface area contributed by atoms with Crippen molar-refractivity contribution in [3.63, 3.8) is 0 Å². The first-order chi connectivity index (χ1) is 9.39. The summed E-state index contributed by atoms with van der Waals surface area (Å²) in [6.07, 6.45) is 0.637. The summed E-state index contributed by atoms with van der Waals surface area (Å²) < 4.78 is 22.8. The van der Waals surface area contributed by atoms with Gasteiger partial charge in [-0.1, -0.05) is 0 Å². The minimum absolute atomic E-state index is 0.0500. The predicted octanol–water partition coefficient (Wildman–Crippen LogP) is 0.612. The first-order valence-corrected chi connectivity index (χ1v) is 9.14. The van der Waals surface area contributed by atoms with Crippen LogP contribution in [-0.4, -0.2) is 44.0 Å². The van der Waals surface area contributed by atoms with Crippen LogP contribution in [0.3, 0.4) is 0 Å². The van der Waals surface area contributed by atoms with Crippen LogP contribution in [0.4, 0.5) is 0 Å². The monoisotopic (exact) mass is 316 g/mol. The smallest absolute Gasteiger partial charge is 0.191 e. The molecule has 2 heterocycles. The molecule has 112 valence electrons. The SMILES string of the molecule is CN=C(NCc1nc(C)c(C)s1)NC1CCS(=O)(=O)C1. The van der Waals surface area contributed by atoms with Gasteiger partial charge in [0.2, 0.25) is 0 Å². The van der Waals surface area contributed by atoms with Crippen molar-refractivity contribution in [1.82, 2.24) is 15.6 Å². The van der Waals surface area contributed by atoms with Crippen LogP contribution in [0.5, 0.6) is 0 Å². The van der Waals surface area contributed by atoms with Gasteiger partial charge in [-0.25, -0.2) is 13.4 Å². The van der Waals surface area contributed by atoms with Gasteiger partial charge in [0.25, 0.3) is 0 Å². The van der Waals surface area contributed by atoms with Crippen molar-refractivity contribution in [2.24, 2.45) is 4.99 Å². The van der Waals surface area contributed by atoms with Crippen LogP contribution >= 0.6 is 11.3 Å². The van der Waals surface area contributed by atoms with E-state index in [1.54, 1.807) is 18.4 Å². The first-order valence-electron chi connectivity index (χ1n) is 6.50. The molecule has 2 rings (SSSR count). The number of rotatable bonds is 3. The summed E-state index contributed by atoms with van der Waals surface area (Å²) in [5.74, 6) is 1.06. The van der Waals surface area contributed by atoms with Gasteiger partial charge in [0.1, 0.15) is 5.01 Å². The highest BCUT2D eigenvalue weighted by Gasteiger charge is 2.28. The fourth-order valence-corrected chi connectivity index (χ4v) is 4.62. The minimum atomic E-state index is -2.87. The Labute approximate surface area is 123 Å². The molecule has 6 nitrogen and oxygen atoms in total. The molecule has 20 heavy (non-hydrogen) atoms. The van der Waals surface area contributed by atoms with E-state index in [4.69, 9.17) is 0 Å². The Morgan fingerprint density at radius 1 is 1.50 bits per heavy atom. The maximum Gasteiger partial charge on any atom is 0.191 e. The van der Waals surface area contributed by atoms with Crippen LogP contribution in [0.1, 0.15) is 22.0 Å². The first kappa shape index (κ1) is 15.2. The summed E-state index contributed by atoms with van der Waals surface area (Å²) in [4.78, 5) is 9.78. The summed E-state index contributed by atoms with van der Waals surface area (Å²) in [6.45, 7) is 4.64. The molecule has 1 aromatic heterocycles. The number of hydrogen-bond acceptors (Lipinski definition) is 5. The van der Waals surface area contributed by atoms with Crippen molar-refractivity contribution in [2.75, 3.05) is 18.6 Å². The Balaban J connectivity index is 1.87. The van der Waals surface area contributed by atoms with Crippen molar-refractivity contribution in [1.29, 1.82) is 0 Å². The Bertz CT molecular complexity index is 587. The van der Waals surface area contributed by atoms with Gasteiger partial charge in [-0.05, 0) is 20.3 Å². The molecule has 1 aromatic rings. The number of aryl methyl sites for hydroxylation is 2. The van der Waals surface area contributed by atoms with Gasteiger partial charge in [-0.2, -0.15) is 0 Å². The summed E-state index contributed by atoms with van der Waals surface area (Å²) in [6, 6.07) is -0.0500. The van der Waals surface area contributed by atoms with Gasteiger partial charge in [0, 0.05) is 18.0 Å². The maximum absolute atomic E-state index is 11.4. The van der Waals surface area contributed by atoms with E-state index in [1.165, 1.54) is 4.88 Å². The largest absolute Gasteiger partial charge is 0.353 e. The van der Waals surface area contributed by atoms with Crippen molar-refractivity contribution in [3.8, 4) is 0 Å². The predicted molar refractivity (Wildman–Crippen MR) is 82.0 cm³/mol. The van der Waals surface area contributed by atoms with Gasteiger partial charge in [-0.3, -0.25) is 4.99 Å². The second-order valence-electron chi connectivity index (χ2n) is 4.92. The molecule has 0 saturated carbocycles. The highest BCUT2D eigenvalue weighted by atomic mass is 32.2. The topological polar surface area (TPSA) is 83.4 Å². The Hall–Kier alpha value is -1.15. The van der Waals surface area contributed by atoms with Crippen LogP contribution in [-0.2, 0) is 16.4 Å². The van der Waals surface area contributed by atoms with E-state index in [9.17, 15) is 8.42 Å². The van der Waals surface area contributed by atoms with Gasteiger partial charge in [-0.15, -0.1) is 11.3 Å². The van der Waals surface area contributed by atoms with Crippen molar-refractivity contribution in [3.05, 3.63) is 15.6 Å². The van der Waals surface area contributed by atoms with Crippen LogP contribution in [0.25, 0.3) is 0 Å². The van der Waals surface area contributed by atoms with E-state index < -0.39 is 9.84 Å². The number of thiazole rings is 1. The molecule has 0 aliphatic carbocycles. The second-order valence-corrected chi connectivity index (χ2v) is 8.44. The number of aromatic nitrogens is 1. The van der Waals surface area contributed by atoms with Gasteiger partial charge < -0.3 is 10.6 Å². The standard InChI is InChI=1S/C12H20N4O2S2/c1-8-9(2)19-11(15-8)6-14-12(13-3)16-10-4-5-20(17,18)7-10/h10H,4-7H2,1-3H3,(H2,13,14,16). The average Bonchev–Trinajstić information content (AvgIpc) is 2.88. The molecule has 0 amide bonds. The van der Waals surface area contributed by atoms with Crippen LogP contribution in [0.2, 0.25) is 0 Å². The molecule has 1 fully saturated rings. The van der Waals surface area contributed by atoms with Crippen LogP contribution in [0, 0.1) is 13.8 Å². The zero-order valence-electron chi connectivity index (χ0n) is 11.9. The third-order valence-electron chi connectivity index (χ3n) is 3.28. The molecule has 1 atom stereocenters. The van der Waals surface area contributed by atoms with Crippen molar-refractivity contribution in [2.45, 2.75) is 32.9 Å². The Morgan fingerprint density at radius 2 is 2.25 bits per heavy atom. The molecule has 0 spiro atoms. The number of nitrogens with zero attached hydrogens (tertiary/aromatic N) is 2. The number of sulfone groups is 1. The third kappa shape index (κ3) is 3.92. The third-order valence-corrected chi connectivity index (χ3v) is 6.12. The van der Waals surface area contributed by atoms with Crippen molar-refractivity contribution >= 4 is 27.1 Å². The number of nitrogens with one attached hydrogen (secondary N) is 2. The number of hydrogen-bond donors (Lipinski definition) is 2. The minimum Gasteiger partial charge on any atom is -0.353 e. The normalized spacial score (nSPS) is 21.9. The molecule has 1 unspecified atom stereocenters. The van der Waals surface area contributed by atoms with E-state index in [-0.39, 0.29) is 17.5 Å². The summed E-state index contributed by atoms with van der Waals surface area (Å²) in [5, 5.41) is 7.32. The Kier molecular flexibility index (Phi) is 4.64. The summed E-state index contributed by atoms with van der Waals surface area (Å²) in [5.41, 5.74) is 1.05. The van der Waals surface area contributed by atoms with Crippen molar-refractivity contribution < 1.29 is 8.42 Å². The maximum atomic E-state index is 11.4. The lowest BCUT2D eigenvalue weighted by atomic mass is 10.3. The molecule has 2 N–H and O–H groups in total. The van der Waals surface area contributed by atoms with Crippen LogP contribution in [0.15, 0.2) is 4.99 Å². The lowest BCUT2D eigenvalue weighted by Gasteiger charge is -2.15. The number of aliphatic imine (C=N–C) groups is 1. The zero-order chi connectivity index (χ0) is 14.8. The van der Waals surface area contributed by atoms with Crippen LogP contribution < -0.4 is 10.6 Å². The fourth-order valence-electron chi connectivity index (χ4n) is 2.07. The fraction of sp³-hybridized carbons (Fsp3) is 0.667. The molecule has 1 saturated heterocycles. The molecule has 0 bridgehead atoms. The van der Waals surface area contributed by atoms with E-state index in [0.717, 1.165) is 10.7 Å². The molecule has 0 radical (unpaired) electrons. The highest BCUT2D eigenvalue weighted by Crippen LogP contribution is 2.16. The van der Waals surface area contributed by atoms with Gasteiger partial charge in [0.15, 0.2) is 15.8 Å². The molecular formula is C12H20N4O2S2.